The maximum absolute atomic E-state index is 15.0. The summed E-state index contributed by atoms with van der Waals surface area (Å²) in [6.45, 7) is 10.1. The Bertz CT molecular complexity index is 1960. The number of ether oxygens (including phenoxy) is 3. The molecule has 2 aromatic carbocycles. The normalized spacial score (nSPS) is 18.1. The summed E-state index contributed by atoms with van der Waals surface area (Å²) >= 11 is 0. The Morgan fingerprint density at radius 3 is 2.35 bits per heavy atom. The zero-order valence-corrected chi connectivity index (χ0v) is 32.2. The first-order valence-electron chi connectivity index (χ1n) is 17.9. The lowest BCUT2D eigenvalue weighted by molar-refractivity contribution is -0.198. The van der Waals surface area contributed by atoms with Crippen molar-refractivity contribution in [2.75, 3.05) is 43.1 Å². The molecular weight excluding hydrogens is 728 g/mol. The molecule has 16 heteroatoms. The average molecular weight is 776 g/mol. The molecule has 1 amide bonds. The smallest absolute Gasteiger partial charge is 0.429 e. The van der Waals surface area contributed by atoms with Gasteiger partial charge in [-0.2, -0.15) is 23.1 Å². The van der Waals surface area contributed by atoms with Crippen molar-refractivity contribution in [3.05, 3.63) is 59.7 Å². The molecule has 1 spiro atoms. The molecule has 2 saturated heterocycles. The van der Waals surface area contributed by atoms with Crippen molar-refractivity contribution in [3.8, 4) is 17.0 Å². The SMILES string of the molecule is CCCc1ccc(-c2cccc(S(C)(=O)=O)c2)c(C(Oc2cc(N3CCC4(CC3)C[C@@H](C(=O)OCC)N(C(=O)OC(C)(C)C)C4)nc(N)n2)C(F)(F)F)c1. The minimum atomic E-state index is -4.91. The lowest BCUT2D eigenvalue weighted by atomic mass is 9.76. The number of nitrogens with zero attached hydrogens (tertiary/aromatic N) is 4. The van der Waals surface area contributed by atoms with Crippen LogP contribution in [0.3, 0.4) is 0 Å². The largest absolute Gasteiger partial charge is 0.464 e. The standard InChI is InChI=1S/C38H48F3N5O7S/c1-7-10-24-13-14-27(25-11-9-12-26(20-25)54(6,49)50)28(19-24)32(38(39,40)41)52-31-21-30(43-34(42)44-31)45-17-15-37(16-18-45)22-29(33(47)51-8-2)46(23-37)35(48)53-36(3,4)5/h9,11-14,19-21,29,32H,7-8,10,15-18,22-23H2,1-6H3,(H2,42,43,44)/t29-,32?/m0/s1. The first kappa shape index (κ1) is 40.6. The van der Waals surface area contributed by atoms with Crippen LogP contribution < -0.4 is 15.4 Å². The number of hydrogen-bond donors (Lipinski definition) is 1. The van der Waals surface area contributed by atoms with Crippen molar-refractivity contribution >= 4 is 33.7 Å². The second kappa shape index (κ2) is 15.6. The fraction of sp³-hybridized carbons (Fsp3) is 0.526. The number of halogens is 3. The van der Waals surface area contributed by atoms with Gasteiger partial charge in [0.2, 0.25) is 17.9 Å². The number of likely N-dealkylation sites (tertiary alicyclic amines) is 1. The predicted octanol–water partition coefficient (Wildman–Crippen LogP) is 6.92. The second-order valence-electron chi connectivity index (χ2n) is 15.0. The Hall–Kier alpha value is -4.60. The summed E-state index contributed by atoms with van der Waals surface area (Å²) < 4.78 is 86.4. The van der Waals surface area contributed by atoms with Crippen LogP contribution in [0.25, 0.3) is 11.1 Å². The lowest BCUT2D eigenvalue weighted by Gasteiger charge is -2.39. The molecule has 2 N–H and O–H groups in total. The van der Waals surface area contributed by atoms with E-state index in [2.05, 4.69) is 9.97 Å². The summed E-state index contributed by atoms with van der Waals surface area (Å²) in [5, 5.41) is 0. The number of nitrogen functional groups attached to an aromatic ring is 1. The van der Waals surface area contributed by atoms with E-state index in [9.17, 15) is 18.0 Å². The van der Waals surface area contributed by atoms with Crippen LogP contribution in [0.4, 0.5) is 29.7 Å². The Morgan fingerprint density at radius 2 is 1.74 bits per heavy atom. The molecule has 3 heterocycles. The van der Waals surface area contributed by atoms with Gasteiger partial charge in [0.1, 0.15) is 17.5 Å². The molecule has 2 fully saturated rings. The number of amides is 1. The Labute approximate surface area is 314 Å². The van der Waals surface area contributed by atoms with E-state index in [1.54, 1.807) is 45.9 Å². The number of hydrogen-bond acceptors (Lipinski definition) is 11. The van der Waals surface area contributed by atoms with E-state index in [1.165, 1.54) is 35.2 Å². The second-order valence-corrected chi connectivity index (χ2v) is 17.0. The number of piperidine rings is 1. The maximum atomic E-state index is 15.0. The molecule has 0 saturated carbocycles. The molecule has 2 atom stereocenters. The Kier molecular flexibility index (Phi) is 11.7. The van der Waals surface area contributed by atoms with Gasteiger partial charge in [-0.25, -0.2) is 18.0 Å². The van der Waals surface area contributed by atoms with E-state index in [4.69, 9.17) is 19.9 Å². The molecule has 0 aliphatic carbocycles. The van der Waals surface area contributed by atoms with Crippen LogP contribution in [0.1, 0.15) is 77.5 Å². The quantitative estimate of drug-likeness (QED) is 0.214. The number of benzene rings is 2. The van der Waals surface area contributed by atoms with Gasteiger partial charge in [0.05, 0.1) is 11.5 Å². The third-order valence-electron chi connectivity index (χ3n) is 9.60. The van der Waals surface area contributed by atoms with Crippen LogP contribution in [-0.4, -0.2) is 85.7 Å². The Morgan fingerprint density at radius 1 is 1.04 bits per heavy atom. The van der Waals surface area contributed by atoms with Gasteiger partial charge in [0.15, 0.2) is 9.84 Å². The van der Waals surface area contributed by atoms with Crippen molar-refractivity contribution in [2.24, 2.45) is 5.41 Å². The summed E-state index contributed by atoms with van der Waals surface area (Å²) in [7, 11) is -3.64. The maximum Gasteiger partial charge on any atom is 0.429 e. The number of esters is 1. The number of carbonyl (C=O) groups is 2. The van der Waals surface area contributed by atoms with Crippen LogP contribution in [0, 0.1) is 5.41 Å². The monoisotopic (exact) mass is 775 g/mol. The van der Waals surface area contributed by atoms with E-state index in [0.717, 1.165) is 6.26 Å². The number of aryl methyl sites for hydroxylation is 1. The van der Waals surface area contributed by atoms with Crippen molar-refractivity contribution < 1.29 is 45.4 Å². The molecule has 54 heavy (non-hydrogen) atoms. The van der Waals surface area contributed by atoms with E-state index < -0.39 is 57.1 Å². The van der Waals surface area contributed by atoms with Gasteiger partial charge < -0.3 is 24.8 Å². The first-order chi connectivity index (χ1) is 25.2. The molecule has 2 aliphatic rings. The highest BCUT2D eigenvalue weighted by molar-refractivity contribution is 7.90. The lowest BCUT2D eigenvalue weighted by Crippen LogP contribution is -2.45. The van der Waals surface area contributed by atoms with E-state index in [1.807, 2.05) is 11.8 Å². The van der Waals surface area contributed by atoms with Crippen molar-refractivity contribution in [1.29, 1.82) is 0 Å². The van der Waals surface area contributed by atoms with Crippen LogP contribution in [-0.2, 0) is 30.5 Å². The molecular formula is C38H48F3N5O7S. The van der Waals surface area contributed by atoms with Gasteiger partial charge in [-0.15, -0.1) is 0 Å². The summed E-state index contributed by atoms with van der Waals surface area (Å²) in [5.41, 5.74) is 5.74. The topological polar surface area (TPSA) is 154 Å². The fourth-order valence-corrected chi connectivity index (χ4v) is 7.77. The molecule has 294 valence electrons. The molecule has 0 radical (unpaired) electrons. The number of carbonyl (C=O) groups excluding carboxylic acids is 2. The Balaban J connectivity index is 1.42. The van der Waals surface area contributed by atoms with Gasteiger partial charge in [0, 0.05) is 37.5 Å². The third kappa shape index (κ3) is 9.54. The summed E-state index contributed by atoms with van der Waals surface area (Å²) in [6, 6.07) is 11.0. The van der Waals surface area contributed by atoms with Gasteiger partial charge in [-0.05, 0) is 87.6 Å². The molecule has 5 rings (SSSR count). The van der Waals surface area contributed by atoms with Crippen molar-refractivity contribution in [3.63, 3.8) is 0 Å². The van der Waals surface area contributed by atoms with Gasteiger partial charge >= 0.3 is 18.2 Å². The summed E-state index contributed by atoms with van der Waals surface area (Å²) in [5.74, 6) is -0.920. The molecule has 3 aromatic rings. The van der Waals surface area contributed by atoms with Gasteiger partial charge in [0.25, 0.3) is 0 Å². The zero-order valence-electron chi connectivity index (χ0n) is 31.4. The number of sulfone groups is 1. The van der Waals surface area contributed by atoms with Crippen LogP contribution >= 0.6 is 0 Å². The zero-order chi connectivity index (χ0) is 39.6. The van der Waals surface area contributed by atoms with Gasteiger partial charge in [-0.3, -0.25) is 4.90 Å². The van der Waals surface area contributed by atoms with E-state index in [-0.39, 0.29) is 46.5 Å². The summed E-state index contributed by atoms with van der Waals surface area (Å²) in [4.78, 5) is 37.7. The number of aromatic nitrogens is 2. The van der Waals surface area contributed by atoms with E-state index >= 15 is 13.2 Å². The minimum absolute atomic E-state index is 0.0313. The van der Waals surface area contributed by atoms with Crippen LogP contribution in [0.15, 0.2) is 53.4 Å². The average Bonchev–Trinajstić information content (AvgIpc) is 3.45. The molecule has 1 aromatic heterocycles. The third-order valence-corrected chi connectivity index (χ3v) is 10.7. The molecule has 0 bridgehead atoms. The van der Waals surface area contributed by atoms with Gasteiger partial charge in [-0.1, -0.05) is 43.7 Å². The highest BCUT2D eigenvalue weighted by atomic mass is 32.2. The number of nitrogens with two attached hydrogens (primary N) is 1. The van der Waals surface area contributed by atoms with E-state index in [0.29, 0.717) is 50.8 Å². The van der Waals surface area contributed by atoms with Crippen molar-refractivity contribution in [2.45, 2.75) is 95.5 Å². The number of rotatable bonds is 10. The molecule has 1 unspecified atom stereocenters. The first-order valence-corrected chi connectivity index (χ1v) is 19.8. The van der Waals surface area contributed by atoms with Crippen molar-refractivity contribution in [1.82, 2.24) is 14.9 Å². The number of alkyl halides is 3. The van der Waals surface area contributed by atoms with Crippen LogP contribution in [0.2, 0.25) is 0 Å². The number of anilines is 2. The molecule has 2 aliphatic heterocycles. The predicted molar refractivity (Wildman–Crippen MR) is 197 cm³/mol. The molecule has 12 nitrogen and oxygen atoms in total. The summed E-state index contributed by atoms with van der Waals surface area (Å²) in [6.07, 6.45) is -4.33. The highest BCUT2D eigenvalue weighted by Crippen LogP contribution is 2.46. The highest BCUT2D eigenvalue weighted by Gasteiger charge is 2.51. The van der Waals surface area contributed by atoms with Crippen LogP contribution in [0.5, 0.6) is 5.88 Å². The minimum Gasteiger partial charge on any atom is -0.464 e. The fourth-order valence-electron chi connectivity index (χ4n) is 7.10.